The summed E-state index contributed by atoms with van der Waals surface area (Å²) in [5.74, 6) is 0. The fourth-order valence-corrected chi connectivity index (χ4v) is 1.11. The van der Waals surface area contributed by atoms with Crippen molar-refractivity contribution in [1.29, 1.82) is 0 Å². The molecule has 0 amide bonds. The molecule has 4 nitrogen and oxygen atoms in total. The molecule has 0 aliphatic heterocycles. The van der Waals surface area contributed by atoms with Gasteiger partial charge in [0.1, 0.15) is 0 Å². The van der Waals surface area contributed by atoms with E-state index in [0.29, 0.717) is 0 Å². The van der Waals surface area contributed by atoms with Crippen LogP contribution in [0, 0.1) is 0 Å². The second-order valence-corrected chi connectivity index (χ2v) is 3.46. The van der Waals surface area contributed by atoms with Crippen LogP contribution in [0.5, 0.6) is 0 Å². The summed E-state index contributed by atoms with van der Waals surface area (Å²) in [4.78, 5) is 0. The number of benzene rings is 1. The molecule has 0 aliphatic rings. The minimum atomic E-state index is -4.32. The molecule has 1 aromatic rings. The molecule has 0 bridgehead atoms. The Morgan fingerprint density at radius 3 is 2.33 bits per heavy atom. The molecule has 0 aliphatic carbocycles. The van der Waals surface area contributed by atoms with Gasteiger partial charge in [0, 0.05) is 6.54 Å². The van der Waals surface area contributed by atoms with Gasteiger partial charge in [0.25, 0.3) is 0 Å². The molecule has 0 heterocycles. The number of nitrogens with one attached hydrogen (secondary N) is 1. The zero-order chi connectivity index (χ0) is 9.03. The maximum Gasteiger partial charge on any atom is 0.159 e. The van der Waals surface area contributed by atoms with Gasteiger partial charge >= 0.3 is 0 Å². The molecule has 0 spiro atoms. The van der Waals surface area contributed by atoms with Crippen molar-refractivity contribution in [3.63, 3.8) is 0 Å². The molecular weight excluding hydrogens is 178 g/mol. The van der Waals surface area contributed by atoms with Crippen molar-refractivity contribution in [3.8, 4) is 0 Å². The van der Waals surface area contributed by atoms with Crippen molar-refractivity contribution in [2.45, 2.75) is 6.54 Å². The van der Waals surface area contributed by atoms with Crippen LogP contribution < -0.4 is 4.72 Å². The second-order valence-electron chi connectivity index (χ2n) is 2.26. The lowest BCUT2D eigenvalue weighted by atomic mass is 10.2. The van der Waals surface area contributed by atoms with Gasteiger partial charge in [0.2, 0.25) is 0 Å². The number of rotatable bonds is 3. The van der Waals surface area contributed by atoms with E-state index in [2.05, 4.69) is 0 Å². The molecule has 0 aromatic heterocycles. The molecule has 1 rings (SSSR count). The lowest BCUT2D eigenvalue weighted by Gasteiger charge is -2.07. The largest absolute Gasteiger partial charge is 0.735 e. The van der Waals surface area contributed by atoms with Crippen LogP contribution in [0.4, 0.5) is 0 Å². The summed E-state index contributed by atoms with van der Waals surface area (Å²) in [6.45, 7) is 0.0483. The molecule has 0 radical (unpaired) electrons. The highest BCUT2D eigenvalue weighted by molar-refractivity contribution is 7.83. The van der Waals surface area contributed by atoms with Crippen LogP contribution in [0.25, 0.3) is 0 Å². The van der Waals surface area contributed by atoms with E-state index in [1.54, 1.807) is 24.3 Å². The molecule has 0 atom stereocenters. The van der Waals surface area contributed by atoms with E-state index in [0.717, 1.165) is 5.56 Å². The van der Waals surface area contributed by atoms with Crippen LogP contribution in [0.3, 0.4) is 0 Å². The van der Waals surface area contributed by atoms with Crippen molar-refractivity contribution < 1.29 is 13.0 Å². The Morgan fingerprint density at radius 2 is 1.83 bits per heavy atom. The van der Waals surface area contributed by atoms with Crippen molar-refractivity contribution in [2.24, 2.45) is 0 Å². The Balaban J connectivity index is 2.56. The van der Waals surface area contributed by atoms with Gasteiger partial charge in [-0.15, -0.1) is 0 Å². The third-order valence-electron chi connectivity index (χ3n) is 1.30. The highest BCUT2D eigenvalue weighted by atomic mass is 32.2. The van der Waals surface area contributed by atoms with Crippen molar-refractivity contribution in [2.75, 3.05) is 0 Å². The Labute approximate surface area is 71.1 Å². The fourth-order valence-electron chi connectivity index (χ4n) is 0.768. The second kappa shape index (κ2) is 3.66. The van der Waals surface area contributed by atoms with E-state index in [1.165, 1.54) is 0 Å². The first-order chi connectivity index (χ1) is 5.58. The van der Waals surface area contributed by atoms with Crippen LogP contribution in [0.1, 0.15) is 5.56 Å². The molecule has 12 heavy (non-hydrogen) atoms. The van der Waals surface area contributed by atoms with E-state index in [9.17, 15) is 13.0 Å². The van der Waals surface area contributed by atoms with Gasteiger partial charge in [-0.05, 0) is 5.56 Å². The standard InChI is InChI=1S/C7H9NO3S/c9-12(10,11)8-6-7-4-2-1-3-5-7/h1-5,8H,6H2,(H,9,10,11)/p-1. The van der Waals surface area contributed by atoms with Crippen molar-refractivity contribution in [1.82, 2.24) is 4.72 Å². The maximum absolute atomic E-state index is 10.1. The first kappa shape index (κ1) is 9.18. The SMILES string of the molecule is O=S(=O)([O-])NCc1ccccc1. The molecule has 1 aromatic carbocycles. The summed E-state index contributed by atoms with van der Waals surface area (Å²) in [5.41, 5.74) is 0.761. The molecule has 0 unspecified atom stereocenters. The van der Waals surface area contributed by atoms with Gasteiger partial charge in [-0.1, -0.05) is 30.3 Å². The minimum Gasteiger partial charge on any atom is -0.735 e. The number of hydrogen-bond donors (Lipinski definition) is 1. The summed E-state index contributed by atoms with van der Waals surface area (Å²) >= 11 is 0. The first-order valence-electron chi connectivity index (χ1n) is 3.32. The minimum absolute atomic E-state index is 0.0483. The summed E-state index contributed by atoms with van der Waals surface area (Å²) in [7, 11) is -4.32. The monoisotopic (exact) mass is 186 g/mol. The van der Waals surface area contributed by atoms with E-state index in [4.69, 9.17) is 0 Å². The van der Waals surface area contributed by atoms with Crippen molar-refractivity contribution >= 4 is 10.3 Å². The van der Waals surface area contributed by atoms with Crippen LogP contribution in [0.15, 0.2) is 30.3 Å². The average molecular weight is 186 g/mol. The molecule has 1 N–H and O–H groups in total. The normalized spacial score (nSPS) is 11.4. The lowest BCUT2D eigenvalue weighted by Crippen LogP contribution is -2.21. The molecule has 5 heteroatoms. The average Bonchev–Trinajstić information content (AvgIpc) is 2.02. The maximum atomic E-state index is 10.1. The van der Waals surface area contributed by atoms with E-state index in [1.807, 2.05) is 10.8 Å². The lowest BCUT2D eigenvalue weighted by molar-refractivity contribution is 0.448. The highest BCUT2D eigenvalue weighted by Gasteiger charge is 1.93. The van der Waals surface area contributed by atoms with Gasteiger partial charge in [-0.3, -0.25) is 0 Å². The molecular formula is C7H8NO3S-. The zero-order valence-electron chi connectivity index (χ0n) is 6.23. The predicted molar refractivity (Wildman–Crippen MR) is 43.0 cm³/mol. The van der Waals surface area contributed by atoms with E-state index >= 15 is 0 Å². The highest BCUT2D eigenvalue weighted by Crippen LogP contribution is 1.97. The first-order valence-corrected chi connectivity index (χ1v) is 4.73. The quantitative estimate of drug-likeness (QED) is 0.687. The van der Waals surface area contributed by atoms with Gasteiger partial charge in [0.05, 0.1) is 0 Å². The predicted octanol–water partition coefficient (Wildman–Crippen LogP) is 0.236. The van der Waals surface area contributed by atoms with Gasteiger partial charge in [0.15, 0.2) is 10.3 Å². The third-order valence-corrected chi connectivity index (χ3v) is 1.79. The smallest absolute Gasteiger partial charge is 0.159 e. The number of hydrogen-bond acceptors (Lipinski definition) is 3. The zero-order valence-corrected chi connectivity index (χ0v) is 7.04. The summed E-state index contributed by atoms with van der Waals surface area (Å²) < 4.78 is 32.3. The third kappa shape index (κ3) is 3.47. The van der Waals surface area contributed by atoms with Gasteiger partial charge in [-0.2, -0.15) is 0 Å². The summed E-state index contributed by atoms with van der Waals surface area (Å²) in [6, 6.07) is 8.83. The van der Waals surface area contributed by atoms with E-state index in [-0.39, 0.29) is 6.54 Å². The fraction of sp³-hybridized carbons (Fsp3) is 0.143. The van der Waals surface area contributed by atoms with Crippen LogP contribution in [-0.4, -0.2) is 13.0 Å². The Bertz CT molecular complexity index is 333. The van der Waals surface area contributed by atoms with Crippen molar-refractivity contribution in [3.05, 3.63) is 35.9 Å². The van der Waals surface area contributed by atoms with Crippen LogP contribution in [0.2, 0.25) is 0 Å². The molecule has 0 fully saturated rings. The Morgan fingerprint density at radius 1 is 1.25 bits per heavy atom. The molecule has 66 valence electrons. The molecule has 0 saturated heterocycles. The van der Waals surface area contributed by atoms with Crippen LogP contribution in [-0.2, 0) is 16.8 Å². The van der Waals surface area contributed by atoms with Gasteiger partial charge in [-0.25, -0.2) is 13.1 Å². The van der Waals surface area contributed by atoms with Crippen LogP contribution >= 0.6 is 0 Å². The Kier molecular flexibility index (Phi) is 2.80. The van der Waals surface area contributed by atoms with E-state index < -0.39 is 10.3 Å². The van der Waals surface area contributed by atoms with Gasteiger partial charge < -0.3 is 4.55 Å². The topological polar surface area (TPSA) is 69.2 Å². The summed E-state index contributed by atoms with van der Waals surface area (Å²) in [5, 5.41) is 0. The molecule has 0 saturated carbocycles. The summed E-state index contributed by atoms with van der Waals surface area (Å²) in [6.07, 6.45) is 0. The Hall–Kier alpha value is -0.910.